The zero-order valence-corrected chi connectivity index (χ0v) is 23.3. The number of thioether (sulfide) groups is 1. The fourth-order valence-corrected chi connectivity index (χ4v) is 9.01. The third-order valence-electron chi connectivity index (χ3n) is 8.70. The lowest BCUT2D eigenvalue weighted by atomic mass is 9.59. The number of rotatable bonds is 5. The Balaban J connectivity index is 1.98. The van der Waals surface area contributed by atoms with Crippen molar-refractivity contribution in [3.63, 3.8) is 0 Å². The standard InChI is InChI=1S/C28H38O3SSi/c1-25(2,3)33(8,9)31-22(26(4,5)24(29)30)23-27(6)18-14-10-12-16-20(18)28(7,32-23)21-17-13-11-15-19(21)27/h10-17,22-23H,1-9H3,(H,29,30)/t22-,23-,27?,28?/m1/s1. The van der Waals surface area contributed by atoms with Gasteiger partial charge < -0.3 is 9.53 Å². The molecule has 2 aromatic rings. The molecule has 3 aliphatic rings. The van der Waals surface area contributed by atoms with E-state index < -0.39 is 25.8 Å². The van der Waals surface area contributed by atoms with Crippen molar-refractivity contribution in [1.82, 2.24) is 0 Å². The van der Waals surface area contributed by atoms with Crippen LogP contribution in [0.3, 0.4) is 0 Å². The maximum atomic E-state index is 12.6. The second kappa shape index (κ2) is 7.47. The van der Waals surface area contributed by atoms with Crippen LogP contribution in [-0.4, -0.2) is 30.7 Å². The molecule has 0 unspecified atom stereocenters. The number of fused-ring (bicyclic) bond motifs is 1. The van der Waals surface area contributed by atoms with Crippen LogP contribution in [0, 0.1) is 5.41 Å². The predicted octanol–water partition coefficient (Wildman–Crippen LogP) is 7.19. The normalized spacial score (nSPS) is 27.6. The first-order chi connectivity index (χ1) is 15.1. The monoisotopic (exact) mass is 482 g/mol. The van der Waals surface area contributed by atoms with Crippen molar-refractivity contribution in [3.8, 4) is 0 Å². The maximum absolute atomic E-state index is 12.6. The molecule has 5 rings (SSSR count). The van der Waals surface area contributed by atoms with E-state index in [9.17, 15) is 9.90 Å². The first kappa shape index (κ1) is 24.6. The molecule has 1 N–H and O–H groups in total. The lowest BCUT2D eigenvalue weighted by Gasteiger charge is -2.60. The van der Waals surface area contributed by atoms with Crippen LogP contribution < -0.4 is 0 Å². The van der Waals surface area contributed by atoms with Gasteiger partial charge in [0.1, 0.15) is 0 Å². The van der Waals surface area contributed by atoms with E-state index in [2.05, 4.69) is 96.2 Å². The van der Waals surface area contributed by atoms with Crippen LogP contribution in [0.25, 0.3) is 0 Å². The van der Waals surface area contributed by atoms with E-state index in [1.165, 1.54) is 22.3 Å². The molecule has 3 nitrogen and oxygen atoms in total. The van der Waals surface area contributed by atoms with Crippen molar-refractivity contribution >= 4 is 26.0 Å². The Kier molecular flexibility index (Phi) is 5.56. The Labute approximate surface area is 204 Å². The van der Waals surface area contributed by atoms with Gasteiger partial charge in [0.05, 0.1) is 16.3 Å². The van der Waals surface area contributed by atoms with Gasteiger partial charge in [-0.1, -0.05) is 76.2 Å². The van der Waals surface area contributed by atoms with Gasteiger partial charge >= 0.3 is 5.97 Å². The minimum atomic E-state index is -2.25. The van der Waals surface area contributed by atoms with Crippen molar-refractivity contribution < 1.29 is 14.3 Å². The fourth-order valence-electron chi connectivity index (χ4n) is 5.37. The van der Waals surface area contributed by atoms with E-state index in [0.717, 1.165) is 0 Å². The second-order valence-corrected chi connectivity index (χ2v) is 18.5. The van der Waals surface area contributed by atoms with Gasteiger partial charge in [-0.05, 0) is 61.2 Å². The van der Waals surface area contributed by atoms with Crippen LogP contribution in [0.5, 0.6) is 0 Å². The maximum Gasteiger partial charge on any atom is 0.311 e. The molecule has 2 atom stereocenters. The summed E-state index contributed by atoms with van der Waals surface area (Å²) in [7, 11) is -2.25. The van der Waals surface area contributed by atoms with Crippen LogP contribution in [0.2, 0.25) is 18.1 Å². The molecule has 0 amide bonds. The third kappa shape index (κ3) is 3.37. The smallest absolute Gasteiger partial charge is 0.311 e. The summed E-state index contributed by atoms with van der Waals surface area (Å²) in [5.74, 6) is -0.802. The zero-order valence-electron chi connectivity index (χ0n) is 21.4. The number of hydrogen-bond donors (Lipinski definition) is 1. The summed E-state index contributed by atoms with van der Waals surface area (Å²) in [6.45, 7) is 19.4. The SMILES string of the molecule is CC12S[C@H]([C@@H](O[Si](C)(C)C(C)(C)C)C(C)(C)C(=O)O)C(C)(c3ccccc31)c1ccccc12. The summed E-state index contributed by atoms with van der Waals surface area (Å²) < 4.78 is 6.85. The summed E-state index contributed by atoms with van der Waals surface area (Å²) in [6, 6.07) is 17.5. The summed E-state index contributed by atoms with van der Waals surface area (Å²) in [5.41, 5.74) is 3.90. The highest BCUT2D eigenvalue weighted by Crippen LogP contribution is 2.66. The molecular weight excluding hydrogens is 444 g/mol. The Hall–Kier alpha value is -1.56. The molecule has 2 heterocycles. The lowest BCUT2D eigenvalue weighted by Crippen LogP contribution is -2.62. The Morgan fingerprint density at radius 1 is 0.939 bits per heavy atom. The molecule has 0 saturated heterocycles. The van der Waals surface area contributed by atoms with Crippen molar-refractivity contribution in [2.45, 2.75) is 88.1 Å². The fraction of sp³-hybridized carbons (Fsp3) is 0.536. The van der Waals surface area contributed by atoms with Gasteiger partial charge in [0.15, 0.2) is 8.32 Å². The summed E-state index contributed by atoms with van der Waals surface area (Å²) in [5, 5.41) is 10.3. The van der Waals surface area contributed by atoms with Gasteiger partial charge in [0.25, 0.3) is 0 Å². The quantitative estimate of drug-likeness (QED) is 0.458. The van der Waals surface area contributed by atoms with Gasteiger partial charge in [-0.2, -0.15) is 0 Å². The number of benzene rings is 2. The van der Waals surface area contributed by atoms with E-state index in [-0.39, 0.29) is 20.5 Å². The first-order valence-electron chi connectivity index (χ1n) is 11.9. The van der Waals surface area contributed by atoms with Crippen LogP contribution in [0.15, 0.2) is 48.5 Å². The molecule has 178 valence electrons. The van der Waals surface area contributed by atoms with E-state index in [1.807, 2.05) is 25.6 Å². The highest BCUT2D eigenvalue weighted by Gasteiger charge is 2.62. The number of hydrogen-bond acceptors (Lipinski definition) is 3. The Morgan fingerprint density at radius 3 is 1.76 bits per heavy atom. The van der Waals surface area contributed by atoms with Gasteiger partial charge in [-0.25, -0.2) is 0 Å². The topological polar surface area (TPSA) is 46.5 Å². The van der Waals surface area contributed by atoms with Crippen molar-refractivity contribution in [1.29, 1.82) is 0 Å². The van der Waals surface area contributed by atoms with Gasteiger partial charge in [-0.3, -0.25) is 4.79 Å². The average molecular weight is 483 g/mol. The van der Waals surface area contributed by atoms with Crippen LogP contribution in [0.4, 0.5) is 0 Å². The lowest BCUT2D eigenvalue weighted by molar-refractivity contribution is -0.153. The summed E-state index contributed by atoms with van der Waals surface area (Å²) in [4.78, 5) is 12.6. The Morgan fingerprint density at radius 2 is 1.36 bits per heavy atom. The number of carbonyl (C=O) groups is 1. The minimum absolute atomic E-state index is 0.0151. The molecule has 33 heavy (non-hydrogen) atoms. The van der Waals surface area contributed by atoms with Gasteiger partial charge in [0, 0.05) is 10.7 Å². The molecule has 0 radical (unpaired) electrons. The third-order valence-corrected chi connectivity index (χ3v) is 15.0. The second-order valence-electron chi connectivity index (χ2n) is 12.2. The zero-order chi connectivity index (χ0) is 24.6. The van der Waals surface area contributed by atoms with Crippen molar-refractivity contribution in [2.75, 3.05) is 0 Å². The number of carboxylic acid groups (broad SMARTS) is 1. The van der Waals surface area contributed by atoms with E-state index >= 15 is 0 Å². The largest absolute Gasteiger partial charge is 0.481 e. The van der Waals surface area contributed by atoms with Gasteiger partial charge in [-0.15, -0.1) is 11.8 Å². The molecule has 0 spiro atoms. The highest BCUT2D eigenvalue weighted by molar-refractivity contribution is 8.01. The van der Waals surface area contributed by atoms with E-state index in [1.54, 1.807) is 0 Å². The molecule has 0 fully saturated rings. The molecule has 0 saturated carbocycles. The van der Waals surface area contributed by atoms with Crippen LogP contribution in [-0.2, 0) is 19.4 Å². The minimum Gasteiger partial charge on any atom is -0.481 e. The average Bonchev–Trinajstić information content (AvgIpc) is 2.73. The molecule has 2 bridgehead atoms. The van der Waals surface area contributed by atoms with E-state index in [0.29, 0.717) is 0 Å². The van der Waals surface area contributed by atoms with Crippen molar-refractivity contribution in [2.24, 2.45) is 5.41 Å². The van der Waals surface area contributed by atoms with Gasteiger partial charge in [0.2, 0.25) is 0 Å². The summed E-state index contributed by atoms with van der Waals surface area (Å²) in [6.07, 6.45) is -0.438. The molecule has 1 aliphatic carbocycles. The molecule has 2 aromatic carbocycles. The molecule has 2 aliphatic heterocycles. The highest BCUT2D eigenvalue weighted by atomic mass is 32.2. The predicted molar refractivity (Wildman–Crippen MR) is 141 cm³/mol. The molecule has 5 heteroatoms. The van der Waals surface area contributed by atoms with Crippen LogP contribution in [0.1, 0.15) is 70.7 Å². The van der Waals surface area contributed by atoms with Crippen LogP contribution >= 0.6 is 11.8 Å². The number of aliphatic carboxylic acids is 1. The molecular formula is C28H38O3SSi. The Bertz CT molecular complexity index is 1050. The molecule has 0 aromatic heterocycles. The van der Waals surface area contributed by atoms with Crippen molar-refractivity contribution in [3.05, 3.63) is 70.8 Å². The number of carboxylic acids is 1. The summed E-state index contributed by atoms with van der Waals surface area (Å²) >= 11 is 1.91. The van der Waals surface area contributed by atoms with E-state index in [4.69, 9.17) is 4.43 Å². The first-order valence-corrected chi connectivity index (χ1v) is 15.7.